The van der Waals surface area contributed by atoms with Gasteiger partial charge in [0.15, 0.2) is 5.82 Å². The number of phenolic OH excluding ortho intramolecular Hbond substituents is 1. The zero-order valence-electron chi connectivity index (χ0n) is 10.5. The van der Waals surface area contributed by atoms with E-state index < -0.39 is 0 Å². The highest BCUT2D eigenvalue weighted by Gasteiger charge is 2.11. The molecular weight excluding hydrogens is 280 g/mol. The molecule has 9 heteroatoms. The number of aromatic nitrogens is 6. The molecule has 0 saturated heterocycles. The molecule has 0 unspecified atom stereocenters. The predicted molar refractivity (Wildman–Crippen MR) is 69.4 cm³/mol. The van der Waals surface area contributed by atoms with Gasteiger partial charge < -0.3 is 9.63 Å². The maximum atomic E-state index is 9.28. The zero-order chi connectivity index (χ0) is 13.9. The van der Waals surface area contributed by atoms with Crippen LogP contribution in [0.5, 0.6) is 5.75 Å². The third kappa shape index (κ3) is 2.62. The molecule has 2 aromatic heterocycles. The Hall–Kier alpha value is -2.42. The molecule has 3 aromatic rings. The number of aromatic hydroxyl groups is 1. The Bertz CT molecular complexity index is 708. The molecule has 0 spiro atoms. The molecule has 0 fully saturated rings. The normalized spacial score (nSPS) is 10.8. The topological polar surface area (TPSA) is 103 Å². The fraction of sp³-hybridized carbons (Fsp3) is 0.182. The van der Waals surface area contributed by atoms with E-state index in [0.717, 1.165) is 5.69 Å². The Morgan fingerprint density at radius 1 is 1.30 bits per heavy atom. The molecule has 0 radical (unpaired) electrons. The number of phenols is 1. The minimum absolute atomic E-state index is 0.192. The number of tetrazole rings is 1. The van der Waals surface area contributed by atoms with Crippen molar-refractivity contribution in [2.45, 2.75) is 17.8 Å². The number of hydrogen-bond acceptors (Lipinski definition) is 8. The fourth-order valence-corrected chi connectivity index (χ4v) is 2.28. The number of benzene rings is 1. The van der Waals surface area contributed by atoms with E-state index in [-0.39, 0.29) is 5.75 Å². The van der Waals surface area contributed by atoms with Gasteiger partial charge in [0, 0.05) is 0 Å². The van der Waals surface area contributed by atoms with Crippen LogP contribution in [0.15, 0.2) is 33.9 Å². The van der Waals surface area contributed by atoms with E-state index in [2.05, 4.69) is 25.7 Å². The molecule has 3 rings (SSSR count). The molecule has 0 saturated carbocycles. The number of thioether (sulfide) groups is 1. The lowest BCUT2D eigenvalue weighted by Crippen LogP contribution is -1.98. The van der Waals surface area contributed by atoms with E-state index in [4.69, 9.17) is 4.52 Å². The van der Waals surface area contributed by atoms with Crippen LogP contribution >= 0.6 is 11.8 Å². The van der Waals surface area contributed by atoms with Crippen molar-refractivity contribution < 1.29 is 9.63 Å². The highest BCUT2D eigenvalue weighted by molar-refractivity contribution is 7.98. The van der Waals surface area contributed by atoms with Gasteiger partial charge in [0.1, 0.15) is 5.75 Å². The monoisotopic (exact) mass is 290 g/mol. The van der Waals surface area contributed by atoms with Crippen LogP contribution < -0.4 is 0 Å². The van der Waals surface area contributed by atoms with E-state index >= 15 is 0 Å². The van der Waals surface area contributed by atoms with E-state index in [9.17, 15) is 5.11 Å². The van der Waals surface area contributed by atoms with Crippen molar-refractivity contribution >= 4 is 11.8 Å². The lowest BCUT2D eigenvalue weighted by Gasteiger charge is -2.02. The second-order valence-electron chi connectivity index (χ2n) is 3.91. The summed E-state index contributed by atoms with van der Waals surface area (Å²) in [6, 6.07) is 6.61. The second-order valence-corrected chi connectivity index (χ2v) is 4.86. The molecule has 1 N–H and O–H groups in total. The highest BCUT2D eigenvalue weighted by Crippen LogP contribution is 2.22. The van der Waals surface area contributed by atoms with Crippen LogP contribution in [0.1, 0.15) is 11.7 Å². The van der Waals surface area contributed by atoms with Crippen molar-refractivity contribution in [1.82, 2.24) is 30.3 Å². The number of rotatable bonds is 4. The maximum absolute atomic E-state index is 9.28. The molecular formula is C11H10N6O2S. The standard InChI is InChI=1S/C11H10N6O2S/c1-7-12-10(19-14-7)6-20-11-13-15-16-17(11)8-2-4-9(18)5-3-8/h2-5,18H,6H2,1H3. The van der Waals surface area contributed by atoms with Crippen molar-refractivity contribution in [3.05, 3.63) is 36.0 Å². The first-order valence-corrected chi connectivity index (χ1v) is 6.71. The number of hydrogen-bond donors (Lipinski definition) is 1. The molecule has 20 heavy (non-hydrogen) atoms. The molecule has 0 aliphatic rings. The van der Waals surface area contributed by atoms with Gasteiger partial charge in [-0.25, -0.2) is 0 Å². The van der Waals surface area contributed by atoms with Gasteiger partial charge >= 0.3 is 0 Å². The Labute approximate surface area is 117 Å². The first-order chi connectivity index (χ1) is 9.72. The van der Waals surface area contributed by atoms with Crippen LogP contribution in [0, 0.1) is 6.92 Å². The quantitative estimate of drug-likeness (QED) is 0.718. The lowest BCUT2D eigenvalue weighted by molar-refractivity contribution is 0.387. The summed E-state index contributed by atoms with van der Waals surface area (Å²) in [5.41, 5.74) is 0.761. The average molecular weight is 290 g/mol. The summed E-state index contributed by atoms with van der Waals surface area (Å²) in [5.74, 6) is 1.79. The van der Waals surface area contributed by atoms with Gasteiger partial charge in [0.05, 0.1) is 11.4 Å². The van der Waals surface area contributed by atoms with Crippen LogP contribution in [-0.2, 0) is 5.75 Å². The van der Waals surface area contributed by atoms with E-state index in [0.29, 0.717) is 22.6 Å². The van der Waals surface area contributed by atoms with Gasteiger partial charge in [-0.2, -0.15) is 9.67 Å². The molecule has 102 valence electrons. The van der Waals surface area contributed by atoms with Gasteiger partial charge in [-0.05, 0) is 41.6 Å². The Morgan fingerprint density at radius 2 is 2.10 bits per heavy atom. The molecule has 1 aromatic carbocycles. The Balaban J connectivity index is 1.78. The third-order valence-corrected chi connectivity index (χ3v) is 3.33. The van der Waals surface area contributed by atoms with Crippen LogP contribution in [-0.4, -0.2) is 35.5 Å². The smallest absolute Gasteiger partial charge is 0.237 e. The van der Waals surface area contributed by atoms with Crippen molar-refractivity contribution in [2.75, 3.05) is 0 Å². The van der Waals surface area contributed by atoms with Crippen LogP contribution in [0.25, 0.3) is 5.69 Å². The largest absolute Gasteiger partial charge is 0.508 e. The van der Waals surface area contributed by atoms with Crippen molar-refractivity contribution in [1.29, 1.82) is 0 Å². The molecule has 0 amide bonds. The van der Waals surface area contributed by atoms with Crippen molar-refractivity contribution in [3.8, 4) is 11.4 Å². The Kier molecular flexibility index (Phi) is 3.33. The van der Waals surface area contributed by atoms with E-state index in [1.54, 1.807) is 35.9 Å². The van der Waals surface area contributed by atoms with Crippen LogP contribution in [0.2, 0.25) is 0 Å². The first kappa shape index (κ1) is 12.6. The zero-order valence-corrected chi connectivity index (χ0v) is 11.3. The fourth-order valence-electron chi connectivity index (χ4n) is 1.55. The SMILES string of the molecule is Cc1noc(CSc2nnnn2-c2ccc(O)cc2)n1. The van der Waals surface area contributed by atoms with E-state index in [1.165, 1.54) is 11.8 Å². The van der Waals surface area contributed by atoms with Gasteiger partial charge in [-0.3, -0.25) is 0 Å². The average Bonchev–Trinajstić information content (AvgIpc) is 3.06. The summed E-state index contributed by atoms with van der Waals surface area (Å²) >= 11 is 1.39. The first-order valence-electron chi connectivity index (χ1n) is 5.72. The summed E-state index contributed by atoms with van der Waals surface area (Å²) in [5, 5.41) is 25.1. The summed E-state index contributed by atoms with van der Waals surface area (Å²) in [4.78, 5) is 4.11. The summed E-state index contributed by atoms with van der Waals surface area (Å²) in [7, 11) is 0. The molecule has 2 heterocycles. The van der Waals surface area contributed by atoms with Crippen molar-refractivity contribution in [3.63, 3.8) is 0 Å². The van der Waals surface area contributed by atoms with Gasteiger partial charge in [0.25, 0.3) is 0 Å². The number of aryl methyl sites for hydroxylation is 1. The minimum atomic E-state index is 0.192. The number of nitrogens with zero attached hydrogens (tertiary/aromatic N) is 6. The summed E-state index contributed by atoms with van der Waals surface area (Å²) in [6.07, 6.45) is 0. The van der Waals surface area contributed by atoms with Crippen LogP contribution in [0.4, 0.5) is 0 Å². The summed E-state index contributed by atoms with van der Waals surface area (Å²) in [6.45, 7) is 1.76. The van der Waals surface area contributed by atoms with Crippen LogP contribution in [0.3, 0.4) is 0 Å². The maximum Gasteiger partial charge on any atom is 0.237 e. The van der Waals surface area contributed by atoms with E-state index in [1.807, 2.05) is 0 Å². The van der Waals surface area contributed by atoms with Gasteiger partial charge in [-0.1, -0.05) is 16.9 Å². The second kappa shape index (κ2) is 5.29. The summed E-state index contributed by atoms with van der Waals surface area (Å²) < 4.78 is 6.61. The highest BCUT2D eigenvalue weighted by atomic mass is 32.2. The third-order valence-electron chi connectivity index (χ3n) is 2.43. The van der Waals surface area contributed by atoms with Gasteiger partial charge in [-0.15, -0.1) is 5.10 Å². The van der Waals surface area contributed by atoms with Crippen molar-refractivity contribution in [2.24, 2.45) is 0 Å². The lowest BCUT2D eigenvalue weighted by atomic mass is 10.3. The van der Waals surface area contributed by atoms with Gasteiger partial charge in [0.2, 0.25) is 11.0 Å². The predicted octanol–water partition coefficient (Wildman–Crippen LogP) is 1.35. The molecule has 0 aliphatic heterocycles. The molecule has 8 nitrogen and oxygen atoms in total. The Morgan fingerprint density at radius 3 is 2.80 bits per heavy atom. The molecule has 0 aliphatic carbocycles. The minimum Gasteiger partial charge on any atom is -0.508 e. The molecule has 0 atom stereocenters. The molecule has 0 bridgehead atoms.